The van der Waals surface area contributed by atoms with Gasteiger partial charge in [-0.3, -0.25) is 9.59 Å². The molecule has 0 saturated carbocycles. The van der Waals surface area contributed by atoms with E-state index in [1.54, 1.807) is 0 Å². The Morgan fingerprint density at radius 3 is 2.12 bits per heavy atom. The first kappa shape index (κ1) is 23.9. The molecule has 0 aliphatic carbocycles. The standard InChI is InChI=1S/C19H16F6N6O2/c1-10(16-26-9-27-31(16)14-4-5-15(32)30(3)28-14)29(2)17(33)11-6-12(18(20,21)22)8-13(7-11)19(23,24)25/h4-10H,1-3H3. The molecule has 2 heterocycles. The van der Waals surface area contributed by atoms with Crippen LogP contribution in [0.3, 0.4) is 0 Å². The second-order valence-electron chi connectivity index (χ2n) is 7.07. The molecule has 0 fully saturated rings. The van der Waals surface area contributed by atoms with E-state index in [0.717, 1.165) is 15.9 Å². The molecule has 0 radical (unpaired) electrons. The normalized spacial score (nSPS) is 13.1. The van der Waals surface area contributed by atoms with E-state index in [0.29, 0.717) is 12.1 Å². The van der Waals surface area contributed by atoms with Crippen molar-refractivity contribution in [2.45, 2.75) is 25.3 Å². The Labute approximate surface area is 182 Å². The van der Waals surface area contributed by atoms with Crippen LogP contribution in [-0.2, 0) is 19.4 Å². The number of aryl methyl sites for hydroxylation is 1. The van der Waals surface area contributed by atoms with Crippen molar-refractivity contribution < 1.29 is 31.1 Å². The van der Waals surface area contributed by atoms with Crippen molar-refractivity contribution >= 4 is 5.91 Å². The largest absolute Gasteiger partial charge is 0.416 e. The fourth-order valence-electron chi connectivity index (χ4n) is 2.95. The summed E-state index contributed by atoms with van der Waals surface area (Å²) in [5.41, 5.74) is -4.39. The van der Waals surface area contributed by atoms with E-state index in [2.05, 4.69) is 15.2 Å². The maximum absolute atomic E-state index is 13.1. The van der Waals surface area contributed by atoms with E-state index >= 15 is 0 Å². The molecule has 0 aliphatic rings. The van der Waals surface area contributed by atoms with Crippen LogP contribution in [0.1, 0.15) is 40.3 Å². The van der Waals surface area contributed by atoms with E-state index in [4.69, 9.17) is 0 Å². The number of nitrogens with zero attached hydrogens (tertiary/aromatic N) is 6. The summed E-state index contributed by atoms with van der Waals surface area (Å²) in [7, 11) is 2.60. The molecule has 2 aromatic heterocycles. The van der Waals surface area contributed by atoms with Gasteiger partial charge in [0.15, 0.2) is 11.6 Å². The second kappa shape index (κ2) is 8.33. The predicted octanol–water partition coefficient (Wildman–Crippen LogP) is 3.23. The lowest BCUT2D eigenvalue weighted by molar-refractivity contribution is -0.143. The van der Waals surface area contributed by atoms with Gasteiger partial charge in [-0.1, -0.05) is 0 Å². The molecule has 3 rings (SSSR count). The molecular formula is C19H16F6N6O2. The van der Waals surface area contributed by atoms with Gasteiger partial charge in [0.05, 0.1) is 17.2 Å². The number of rotatable bonds is 4. The second-order valence-corrected chi connectivity index (χ2v) is 7.07. The zero-order chi connectivity index (χ0) is 24.7. The lowest BCUT2D eigenvalue weighted by Crippen LogP contribution is -2.32. The van der Waals surface area contributed by atoms with Crippen LogP contribution in [-0.4, -0.2) is 42.4 Å². The molecule has 0 aliphatic heterocycles. The van der Waals surface area contributed by atoms with Crippen molar-refractivity contribution in [1.29, 1.82) is 0 Å². The number of hydrogen-bond acceptors (Lipinski definition) is 5. The van der Waals surface area contributed by atoms with Crippen molar-refractivity contribution in [3.8, 4) is 5.82 Å². The Balaban J connectivity index is 1.99. The van der Waals surface area contributed by atoms with Crippen LogP contribution < -0.4 is 5.56 Å². The van der Waals surface area contributed by atoms with Gasteiger partial charge in [0.25, 0.3) is 11.5 Å². The van der Waals surface area contributed by atoms with Gasteiger partial charge in [-0.25, -0.2) is 9.67 Å². The van der Waals surface area contributed by atoms with Crippen LogP contribution in [0.5, 0.6) is 0 Å². The third kappa shape index (κ3) is 4.88. The van der Waals surface area contributed by atoms with Crippen molar-refractivity contribution in [3.63, 3.8) is 0 Å². The summed E-state index contributed by atoms with van der Waals surface area (Å²) < 4.78 is 81.1. The fourth-order valence-corrected chi connectivity index (χ4v) is 2.95. The summed E-state index contributed by atoms with van der Waals surface area (Å²) in [5.74, 6) is -0.821. The maximum atomic E-state index is 13.1. The summed E-state index contributed by atoms with van der Waals surface area (Å²) >= 11 is 0. The summed E-state index contributed by atoms with van der Waals surface area (Å²) in [6.45, 7) is 1.46. The summed E-state index contributed by atoms with van der Waals surface area (Å²) in [6, 6.07) is 2.29. The molecule has 0 bridgehead atoms. The highest BCUT2D eigenvalue weighted by atomic mass is 19.4. The summed E-state index contributed by atoms with van der Waals surface area (Å²) in [6.07, 6.45) is -9.05. The average molecular weight is 474 g/mol. The number of aromatic nitrogens is 5. The molecular weight excluding hydrogens is 458 g/mol. The smallest absolute Gasteiger partial charge is 0.332 e. The third-order valence-corrected chi connectivity index (χ3v) is 4.85. The first-order valence-electron chi connectivity index (χ1n) is 9.21. The van der Waals surface area contributed by atoms with E-state index in [9.17, 15) is 35.9 Å². The van der Waals surface area contributed by atoms with Gasteiger partial charge in [-0.05, 0) is 31.2 Å². The summed E-state index contributed by atoms with van der Waals surface area (Å²) in [4.78, 5) is 29.4. The van der Waals surface area contributed by atoms with Crippen LogP contribution in [0.2, 0.25) is 0 Å². The zero-order valence-electron chi connectivity index (χ0n) is 17.3. The number of carbonyl (C=O) groups is 1. The maximum Gasteiger partial charge on any atom is 0.416 e. The monoisotopic (exact) mass is 474 g/mol. The topological polar surface area (TPSA) is 85.9 Å². The first-order valence-corrected chi connectivity index (χ1v) is 9.21. The quantitative estimate of drug-likeness (QED) is 0.542. The molecule has 14 heteroatoms. The van der Waals surface area contributed by atoms with Crippen molar-refractivity contribution in [2.75, 3.05) is 7.05 Å². The van der Waals surface area contributed by atoms with E-state index < -0.39 is 46.6 Å². The summed E-state index contributed by atoms with van der Waals surface area (Å²) in [5, 5.41) is 7.99. The van der Waals surface area contributed by atoms with Gasteiger partial charge in [-0.15, -0.1) is 5.10 Å². The van der Waals surface area contributed by atoms with Crippen LogP contribution in [0.15, 0.2) is 41.5 Å². The molecule has 33 heavy (non-hydrogen) atoms. The Kier molecular flexibility index (Phi) is 6.04. The molecule has 8 nitrogen and oxygen atoms in total. The molecule has 0 spiro atoms. The minimum Gasteiger partial charge on any atom is -0.332 e. The SMILES string of the molecule is CC(c1ncnn1-c1ccc(=O)n(C)n1)N(C)C(=O)c1cc(C(F)(F)F)cc(C(F)(F)F)c1. The minimum absolute atomic E-state index is 0.0534. The lowest BCUT2D eigenvalue weighted by Gasteiger charge is -2.25. The molecule has 1 unspecified atom stereocenters. The number of benzene rings is 1. The van der Waals surface area contributed by atoms with Gasteiger partial charge in [0, 0.05) is 25.7 Å². The van der Waals surface area contributed by atoms with Crippen LogP contribution in [0.25, 0.3) is 5.82 Å². The zero-order valence-corrected chi connectivity index (χ0v) is 17.3. The van der Waals surface area contributed by atoms with Crippen LogP contribution in [0, 0.1) is 0 Å². The number of halogens is 6. The Hall–Kier alpha value is -3.71. The minimum atomic E-state index is -5.09. The van der Waals surface area contributed by atoms with Gasteiger partial charge < -0.3 is 4.90 Å². The van der Waals surface area contributed by atoms with Crippen LogP contribution >= 0.6 is 0 Å². The molecule has 3 aromatic rings. The molecule has 0 saturated heterocycles. The molecule has 1 aromatic carbocycles. The fraction of sp³-hybridized carbons (Fsp3) is 0.316. The van der Waals surface area contributed by atoms with Gasteiger partial charge in [0.1, 0.15) is 6.33 Å². The van der Waals surface area contributed by atoms with E-state index in [-0.39, 0.29) is 17.7 Å². The van der Waals surface area contributed by atoms with E-state index in [1.165, 1.54) is 37.8 Å². The number of hydrogen-bond donors (Lipinski definition) is 0. The number of carbonyl (C=O) groups excluding carboxylic acids is 1. The number of alkyl halides is 6. The Morgan fingerprint density at radius 1 is 1.03 bits per heavy atom. The van der Waals surface area contributed by atoms with Crippen molar-refractivity contribution in [2.24, 2.45) is 7.05 Å². The first-order chi connectivity index (χ1) is 15.2. The van der Waals surface area contributed by atoms with Crippen molar-refractivity contribution in [1.82, 2.24) is 29.4 Å². The van der Waals surface area contributed by atoms with Gasteiger partial charge in [-0.2, -0.15) is 36.1 Å². The average Bonchev–Trinajstić information content (AvgIpc) is 3.22. The van der Waals surface area contributed by atoms with Crippen LogP contribution in [0.4, 0.5) is 26.3 Å². The Bertz CT molecular complexity index is 1210. The molecule has 176 valence electrons. The third-order valence-electron chi connectivity index (χ3n) is 4.85. The molecule has 0 N–H and O–H groups in total. The van der Waals surface area contributed by atoms with Crippen molar-refractivity contribution in [3.05, 3.63) is 69.5 Å². The van der Waals surface area contributed by atoms with E-state index in [1.807, 2.05) is 0 Å². The molecule has 1 atom stereocenters. The highest BCUT2D eigenvalue weighted by molar-refractivity contribution is 5.94. The highest BCUT2D eigenvalue weighted by Gasteiger charge is 2.38. The van der Waals surface area contributed by atoms with Gasteiger partial charge in [0.2, 0.25) is 0 Å². The number of amides is 1. The van der Waals surface area contributed by atoms with Gasteiger partial charge >= 0.3 is 12.4 Å². The predicted molar refractivity (Wildman–Crippen MR) is 101 cm³/mol. The highest BCUT2D eigenvalue weighted by Crippen LogP contribution is 2.36. The molecule has 1 amide bonds. The Morgan fingerprint density at radius 2 is 1.61 bits per heavy atom. The lowest BCUT2D eigenvalue weighted by atomic mass is 10.0.